The van der Waals surface area contributed by atoms with E-state index in [0.717, 1.165) is 6.07 Å². The largest absolute Gasteiger partial charge is 0.461 e. The van der Waals surface area contributed by atoms with Crippen LogP contribution >= 0.6 is 0 Å². The van der Waals surface area contributed by atoms with Gasteiger partial charge in [0.1, 0.15) is 11.6 Å². The normalized spacial score (nSPS) is 14.9. The van der Waals surface area contributed by atoms with Crippen LogP contribution in [0.2, 0.25) is 0 Å². The Balaban J connectivity index is 1.16. The minimum Gasteiger partial charge on any atom is -0.461 e. The second kappa shape index (κ2) is 12.1. The first kappa shape index (κ1) is 28.4. The van der Waals surface area contributed by atoms with Crippen LogP contribution < -0.4 is 16.0 Å². The number of carbonyl (C=O) groups excluding carboxylic acids is 1. The molecule has 1 atom stereocenters. The molecule has 0 bridgehead atoms. The van der Waals surface area contributed by atoms with E-state index in [-0.39, 0.29) is 35.3 Å². The summed E-state index contributed by atoms with van der Waals surface area (Å²) in [6.45, 7) is 3.62. The fourth-order valence-electron chi connectivity index (χ4n) is 4.45. The molecule has 218 valence electrons. The third-order valence-corrected chi connectivity index (χ3v) is 7.48. The summed E-state index contributed by atoms with van der Waals surface area (Å²) in [6, 6.07) is 5.49. The van der Waals surface area contributed by atoms with Crippen LogP contribution in [0.5, 0.6) is 0 Å². The molecule has 1 aliphatic heterocycles. The van der Waals surface area contributed by atoms with Gasteiger partial charge in [-0.05, 0) is 18.2 Å². The van der Waals surface area contributed by atoms with E-state index in [4.69, 9.17) is 10.2 Å². The highest BCUT2D eigenvalue weighted by Crippen LogP contribution is 2.25. The van der Waals surface area contributed by atoms with E-state index in [1.54, 1.807) is 17.0 Å². The number of fused-ring (bicyclic) bond motifs is 1. The summed E-state index contributed by atoms with van der Waals surface area (Å²) in [5.41, 5.74) is 6.01. The Bertz CT molecular complexity index is 1560. The number of aromatic nitrogens is 5. The highest BCUT2D eigenvalue weighted by Gasteiger charge is 2.24. The van der Waals surface area contributed by atoms with Gasteiger partial charge in [-0.1, -0.05) is 0 Å². The summed E-state index contributed by atoms with van der Waals surface area (Å²) in [4.78, 5) is 31.0. The Labute approximate surface area is 236 Å². The number of nitrogens with zero attached hydrogens (tertiary/aromatic N) is 8. The molecular weight excluding hydrogens is 558 g/mol. The minimum absolute atomic E-state index is 0.127. The second-order valence-corrected chi connectivity index (χ2v) is 11.1. The maximum atomic E-state index is 14.7. The molecule has 0 spiro atoms. The molecule has 3 N–H and O–H groups in total. The van der Waals surface area contributed by atoms with Crippen molar-refractivity contribution in [3.05, 3.63) is 47.7 Å². The number of piperazine rings is 1. The summed E-state index contributed by atoms with van der Waals surface area (Å²) < 4.78 is 47.3. The van der Waals surface area contributed by atoms with Crippen molar-refractivity contribution in [2.24, 2.45) is 0 Å². The van der Waals surface area contributed by atoms with Gasteiger partial charge in [0.25, 0.3) is 11.7 Å². The van der Waals surface area contributed by atoms with Gasteiger partial charge in [-0.2, -0.15) is 19.5 Å². The van der Waals surface area contributed by atoms with Crippen molar-refractivity contribution in [2.45, 2.75) is 0 Å². The minimum atomic E-state index is -1.09. The van der Waals surface area contributed by atoms with Gasteiger partial charge >= 0.3 is 0 Å². The molecule has 1 aliphatic rings. The highest BCUT2D eigenvalue weighted by molar-refractivity contribution is 7.84. The predicted molar refractivity (Wildman–Crippen MR) is 150 cm³/mol. The molecule has 13 nitrogen and oxygen atoms in total. The van der Waals surface area contributed by atoms with Crippen LogP contribution in [0.4, 0.5) is 26.4 Å². The number of benzene rings is 1. The maximum absolute atomic E-state index is 14.7. The quantitative estimate of drug-likeness (QED) is 0.276. The van der Waals surface area contributed by atoms with Crippen molar-refractivity contribution < 1.29 is 22.2 Å². The molecule has 0 saturated carbocycles. The van der Waals surface area contributed by atoms with Gasteiger partial charge in [0, 0.05) is 81.7 Å². The molecule has 41 heavy (non-hydrogen) atoms. The van der Waals surface area contributed by atoms with Crippen LogP contribution in [-0.2, 0) is 10.8 Å². The van der Waals surface area contributed by atoms with Crippen LogP contribution in [0.3, 0.4) is 0 Å². The molecule has 16 heteroatoms. The van der Waals surface area contributed by atoms with Gasteiger partial charge in [-0.3, -0.25) is 13.9 Å². The smallest absolute Gasteiger partial charge is 0.259 e. The Morgan fingerprint density at radius 1 is 1.17 bits per heavy atom. The molecule has 5 rings (SSSR count). The fourth-order valence-corrected chi connectivity index (χ4v) is 4.98. The molecule has 1 amide bonds. The first-order chi connectivity index (χ1) is 19.7. The van der Waals surface area contributed by atoms with E-state index in [1.165, 1.54) is 35.0 Å². The number of hydrogen-bond donors (Lipinski definition) is 2. The monoisotopic (exact) mass is 588 g/mol. The zero-order valence-corrected chi connectivity index (χ0v) is 23.4. The number of rotatable bonds is 10. The lowest BCUT2D eigenvalue weighted by atomic mass is 10.1. The Morgan fingerprint density at radius 3 is 2.66 bits per heavy atom. The number of anilines is 3. The maximum Gasteiger partial charge on any atom is 0.259 e. The highest BCUT2D eigenvalue weighted by atomic mass is 32.2. The molecule has 4 aromatic rings. The van der Waals surface area contributed by atoms with E-state index in [0.29, 0.717) is 56.8 Å². The van der Waals surface area contributed by atoms with Crippen molar-refractivity contribution >= 4 is 40.1 Å². The average molecular weight is 589 g/mol. The van der Waals surface area contributed by atoms with E-state index in [1.807, 2.05) is 0 Å². The summed E-state index contributed by atoms with van der Waals surface area (Å²) in [7, 11) is 0.414. The zero-order chi connectivity index (χ0) is 29.1. The van der Waals surface area contributed by atoms with Gasteiger partial charge in [0.15, 0.2) is 5.76 Å². The summed E-state index contributed by atoms with van der Waals surface area (Å²) in [6.07, 6.45) is 3.06. The molecule has 1 saturated heterocycles. The van der Waals surface area contributed by atoms with E-state index in [2.05, 4.69) is 30.3 Å². The standard InChI is InChI=1S/C25H30F2N10O3S/c1-34(11-13-41(2)39)22(38)16-14-19(18(27)15-17(16)26)36-9-7-35(8-10-36)6-5-29-24-31-23(28)37-25(32-24)30-21(33-37)20-4-3-12-40-20/h3-4,12,14-15H,5-11,13H2,1-2H3,(H3,28,29,30,31,32,33)/t41-/m0/s1. The summed E-state index contributed by atoms with van der Waals surface area (Å²) >= 11 is 0. The molecule has 0 radical (unpaired) electrons. The number of nitrogens with two attached hydrogens (primary N) is 1. The first-order valence-electron chi connectivity index (χ1n) is 12.9. The van der Waals surface area contributed by atoms with Crippen LogP contribution in [0.1, 0.15) is 10.4 Å². The SMILES string of the molecule is CN(CC[S@](C)=O)C(=O)c1cc(N2CCN(CCNc3nc(N)n4nc(-c5ccco5)nc4n3)CC2)c(F)cc1F. The van der Waals surface area contributed by atoms with Crippen LogP contribution in [-0.4, -0.2) is 109 Å². The van der Waals surface area contributed by atoms with Gasteiger partial charge in [0.2, 0.25) is 17.7 Å². The molecule has 4 heterocycles. The van der Waals surface area contributed by atoms with E-state index in [9.17, 15) is 17.8 Å². The van der Waals surface area contributed by atoms with Crippen molar-refractivity contribution in [2.75, 3.05) is 80.8 Å². The van der Waals surface area contributed by atoms with Crippen LogP contribution in [0.15, 0.2) is 34.9 Å². The van der Waals surface area contributed by atoms with Crippen LogP contribution in [0, 0.1) is 11.6 Å². The number of hydrogen-bond acceptors (Lipinski definition) is 11. The average Bonchev–Trinajstić information content (AvgIpc) is 3.63. The zero-order valence-electron chi connectivity index (χ0n) is 22.6. The molecule has 1 fully saturated rings. The van der Waals surface area contributed by atoms with Crippen molar-refractivity contribution in [3.8, 4) is 11.6 Å². The van der Waals surface area contributed by atoms with E-state index >= 15 is 0 Å². The summed E-state index contributed by atoms with van der Waals surface area (Å²) in [5.74, 6) is -0.388. The van der Waals surface area contributed by atoms with Gasteiger partial charge in [0.05, 0.1) is 17.5 Å². The van der Waals surface area contributed by atoms with Crippen LogP contribution in [0.25, 0.3) is 17.4 Å². The molecular formula is C25H30F2N10O3S. The third kappa shape index (κ3) is 6.43. The lowest BCUT2D eigenvalue weighted by molar-refractivity contribution is 0.0799. The van der Waals surface area contributed by atoms with Crippen molar-refractivity contribution in [1.29, 1.82) is 0 Å². The van der Waals surface area contributed by atoms with E-state index < -0.39 is 28.3 Å². The number of carbonyl (C=O) groups is 1. The van der Waals surface area contributed by atoms with Crippen molar-refractivity contribution in [1.82, 2.24) is 34.4 Å². The lowest BCUT2D eigenvalue weighted by Crippen LogP contribution is -2.48. The number of nitrogens with one attached hydrogen (secondary N) is 1. The molecule has 3 aromatic heterocycles. The summed E-state index contributed by atoms with van der Waals surface area (Å²) in [5, 5.41) is 7.42. The predicted octanol–water partition coefficient (Wildman–Crippen LogP) is 1.32. The number of nitrogen functional groups attached to an aromatic ring is 1. The number of furan rings is 1. The fraction of sp³-hybridized carbons (Fsp3) is 0.400. The molecule has 1 aromatic carbocycles. The first-order valence-corrected chi connectivity index (χ1v) is 14.6. The Kier molecular flexibility index (Phi) is 8.39. The molecule has 0 aliphatic carbocycles. The Morgan fingerprint density at radius 2 is 1.95 bits per heavy atom. The topological polar surface area (TPSA) is 151 Å². The number of amides is 1. The molecule has 0 unspecified atom stereocenters. The van der Waals surface area contributed by atoms with Gasteiger partial charge in [-0.15, -0.1) is 5.10 Å². The van der Waals surface area contributed by atoms with Gasteiger partial charge < -0.3 is 25.3 Å². The van der Waals surface area contributed by atoms with Gasteiger partial charge in [-0.25, -0.2) is 8.78 Å². The number of halogens is 2. The third-order valence-electron chi connectivity index (χ3n) is 6.73. The second-order valence-electron chi connectivity index (χ2n) is 9.57. The lowest BCUT2D eigenvalue weighted by Gasteiger charge is -2.36. The Hall–Kier alpha value is -4.18. The van der Waals surface area contributed by atoms with Crippen molar-refractivity contribution in [3.63, 3.8) is 0 Å².